The summed E-state index contributed by atoms with van der Waals surface area (Å²) in [6.07, 6.45) is 0. The number of carbonyl (C=O) groups is 1. The first kappa shape index (κ1) is 19.7. The van der Waals surface area contributed by atoms with Gasteiger partial charge in [0.1, 0.15) is 0 Å². The van der Waals surface area contributed by atoms with Gasteiger partial charge in [-0.1, -0.05) is 36.4 Å². The van der Waals surface area contributed by atoms with Crippen molar-refractivity contribution in [2.24, 2.45) is 0 Å². The Balaban J connectivity index is 1.51. The Morgan fingerprint density at radius 3 is 2.59 bits per heavy atom. The SMILES string of the molecule is O=C(Nc1nc(-c2ccccc2)cs1)c1cccc(S(=O)(=O)N2CCOCC2)c1. The van der Waals surface area contributed by atoms with E-state index in [4.69, 9.17) is 4.74 Å². The minimum atomic E-state index is -3.66. The number of benzene rings is 2. The molecule has 1 saturated heterocycles. The standard InChI is InChI=1S/C20H19N3O4S2/c24-19(22-20-21-18(14-28-20)15-5-2-1-3-6-15)16-7-4-8-17(13-16)29(25,26)23-9-11-27-12-10-23/h1-8,13-14H,9-12H2,(H,21,22,24). The van der Waals surface area contributed by atoms with E-state index in [-0.39, 0.29) is 10.5 Å². The molecule has 2 heterocycles. The van der Waals surface area contributed by atoms with Crippen LogP contribution in [-0.2, 0) is 14.8 Å². The smallest absolute Gasteiger partial charge is 0.257 e. The Morgan fingerprint density at radius 2 is 1.83 bits per heavy atom. The molecule has 7 nitrogen and oxygen atoms in total. The zero-order valence-electron chi connectivity index (χ0n) is 15.4. The van der Waals surface area contributed by atoms with Crippen molar-refractivity contribution in [3.63, 3.8) is 0 Å². The lowest BCUT2D eigenvalue weighted by Crippen LogP contribution is -2.40. The van der Waals surface area contributed by atoms with E-state index in [0.29, 0.717) is 31.4 Å². The van der Waals surface area contributed by atoms with Crippen molar-refractivity contribution in [1.82, 2.24) is 9.29 Å². The molecule has 1 aliphatic heterocycles. The van der Waals surface area contributed by atoms with Crippen molar-refractivity contribution in [3.05, 3.63) is 65.5 Å². The fourth-order valence-corrected chi connectivity index (χ4v) is 5.14. The molecule has 0 unspecified atom stereocenters. The summed E-state index contributed by atoms with van der Waals surface area (Å²) in [6, 6.07) is 15.7. The summed E-state index contributed by atoms with van der Waals surface area (Å²) in [5, 5.41) is 5.07. The first-order chi connectivity index (χ1) is 14.0. The molecule has 0 atom stereocenters. The summed E-state index contributed by atoms with van der Waals surface area (Å²) >= 11 is 1.32. The van der Waals surface area contributed by atoms with Gasteiger partial charge in [-0.05, 0) is 18.2 Å². The number of sulfonamides is 1. The van der Waals surface area contributed by atoms with Gasteiger partial charge in [-0.3, -0.25) is 10.1 Å². The summed E-state index contributed by atoms with van der Waals surface area (Å²) in [7, 11) is -3.66. The molecular weight excluding hydrogens is 410 g/mol. The van der Waals surface area contributed by atoms with Crippen molar-refractivity contribution in [1.29, 1.82) is 0 Å². The zero-order valence-corrected chi connectivity index (χ0v) is 17.1. The predicted octanol–water partition coefficient (Wildman–Crippen LogP) is 3.08. The van der Waals surface area contributed by atoms with Crippen LogP contribution in [-0.4, -0.2) is 49.9 Å². The molecule has 150 valence electrons. The number of aromatic nitrogens is 1. The molecule has 0 saturated carbocycles. The second kappa shape index (κ2) is 8.42. The summed E-state index contributed by atoms with van der Waals surface area (Å²) in [5.74, 6) is -0.405. The maximum absolute atomic E-state index is 12.8. The van der Waals surface area contributed by atoms with Gasteiger partial charge in [0.15, 0.2) is 5.13 Å². The van der Waals surface area contributed by atoms with Gasteiger partial charge in [0.25, 0.3) is 5.91 Å². The van der Waals surface area contributed by atoms with E-state index in [1.54, 1.807) is 12.1 Å². The number of thiazole rings is 1. The van der Waals surface area contributed by atoms with Gasteiger partial charge < -0.3 is 4.74 Å². The van der Waals surface area contributed by atoms with Gasteiger partial charge in [0, 0.05) is 29.6 Å². The molecule has 29 heavy (non-hydrogen) atoms. The summed E-state index contributed by atoms with van der Waals surface area (Å²) in [6.45, 7) is 1.35. The van der Waals surface area contributed by atoms with Crippen molar-refractivity contribution < 1.29 is 17.9 Å². The van der Waals surface area contributed by atoms with Crippen LogP contribution in [0.2, 0.25) is 0 Å². The van der Waals surface area contributed by atoms with E-state index in [2.05, 4.69) is 10.3 Å². The molecular formula is C20H19N3O4S2. The van der Waals surface area contributed by atoms with Crippen LogP contribution in [0.3, 0.4) is 0 Å². The van der Waals surface area contributed by atoms with E-state index < -0.39 is 15.9 Å². The molecule has 0 radical (unpaired) electrons. The molecule has 4 rings (SSSR count). The molecule has 0 spiro atoms. The fourth-order valence-electron chi connectivity index (χ4n) is 2.98. The first-order valence-electron chi connectivity index (χ1n) is 9.04. The summed E-state index contributed by atoms with van der Waals surface area (Å²) < 4.78 is 32.2. The number of hydrogen-bond donors (Lipinski definition) is 1. The molecule has 9 heteroatoms. The highest BCUT2D eigenvalue weighted by Crippen LogP contribution is 2.25. The van der Waals surface area contributed by atoms with E-state index in [9.17, 15) is 13.2 Å². The number of hydrogen-bond acceptors (Lipinski definition) is 6. The van der Waals surface area contributed by atoms with Crippen LogP contribution < -0.4 is 5.32 Å². The van der Waals surface area contributed by atoms with Crippen molar-refractivity contribution in [2.75, 3.05) is 31.6 Å². The van der Waals surface area contributed by atoms with Crippen LogP contribution in [0.25, 0.3) is 11.3 Å². The summed E-state index contributed by atoms with van der Waals surface area (Å²) in [5.41, 5.74) is 1.99. The molecule has 3 aromatic rings. The average Bonchev–Trinajstić information content (AvgIpc) is 3.23. The minimum Gasteiger partial charge on any atom is -0.379 e. The van der Waals surface area contributed by atoms with Crippen LogP contribution in [0.1, 0.15) is 10.4 Å². The van der Waals surface area contributed by atoms with Crippen molar-refractivity contribution in [2.45, 2.75) is 4.90 Å². The highest BCUT2D eigenvalue weighted by Gasteiger charge is 2.27. The lowest BCUT2D eigenvalue weighted by molar-refractivity contribution is 0.0730. The van der Waals surface area contributed by atoms with Gasteiger partial charge in [0.2, 0.25) is 10.0 Å². The number of anilines is 1. The first-order valence-corrected chi connectivity index (χ1v) is 11.4. The molecule has 1 aromatic heterocycles. The van der Waals surface area contributed by atoms with Gasteiger partial charge in [-0.25, -0.2) is 13.4 Å². The van der Waals surface area contributed by atoms with Crippen molar-refractivity contribution in [3.8, 4) is 11.3 Å². The van der Waals surface area contributed by atoms with Crippen LogP contribution in [0.5, 0.6) is 0 Å². The zero-order chi connectivity index (χ0) is 20.3. The van der Waals surface area contributed by atoms with Crippen LogP contribution in [0.15, 0.2) is 64.9 Å². The van der Waals surface area contributed by atoms with Crippen LogP contribution >= 0.6 is 11.3 Å². The van der Waals surface area contributed by atoms with Gasteiger partial charge in [0.05, 0.1) is 23.8 Å². The normalized spacial score (nSPS) is 15.2. The molecule has 1 fully saturated rings. The fraction of sp³-hybridized carbons (Fsp3) is 0.200. The second-order valence-electron chi connectivity index (χ2n) is 6.40. The maximum atomic E-state index is 12.8. The highest BCUT2D eigenvalue weighted by molar-refractivity contribution is 7.89. The quantitative estimate of drug-likeness (QED) is 0.673. The lowest BCUT2D eigenvalue weighted by Gasteiger charge is -2.26. The van der Waals surface area contributed by atoms with Gasteiger partial charge >= 0.3 is 0 Å². The van der Waals surface area contributed by atoms with Crippen molar-refractivity contribution >= 4 is 32.4 Å². The number of amides is 1. The third-order valence-corrected chi connectivity index (χ3v) is 7.15. The maximum Gasteiger partial charge on any atom is 0.257 e. The third kappa shape index (κ3) is 4.38. The molecule has 2 aromatic carbocycles. The van der Waals surface area contributed by atoms with E-state index in [1.165, 1.54) is 27.8 Å². The topological polar surface area (TPSA) is 88.6 Å². The van der Waals surface area contributed by atoms with Crippen LogP contribution in [0.4, 0.5) is 5.13 Å². The molecule has 1 aliphatic rings. The lowest BCUT2D eigenvalue weighted by atomic mass is 10.2. The Hall–Kier alpha value is -2.59. The monoisotopic (exact) mass is 429 g/mol. The molecule has 1 amide bonds. The number of morpholine rings is 1. The van der Waals surface area contributed by atoms with E-state index in [0.717, 1.165) is 11.3 Å². The number of nitrogens with zero attached hydrogens (tertiary/aromatic N) is 2. The number of rotatable bonds is 5. The Labute approximate surface area is 173 Å². The number of ether oxygens (including phenoxy) is 1. The molecule has 1 N–H and O–H groups in total. The van der Waals surface area contributed by atoms with Gasteiger partial charge in [-0.15, -0.1) is 11.3 Å². The second-order valence-corrected chi connectivity index (χ2v) is 9.20. The Kier molecular flexibility index (Phi) is 5.72. The highest BCUT2D eigenvalue weighted by atomic mass is 32.2. The average molecular weight is 430 g/mol. The largest absolute Gasteiger partial charge is 0.379 e. The molecule has 0 aliphatic carbocycles. The third-order valence-electron chi connectivity index (χ3n) is 4.50. The van der Waals surface area contributed by atoms with E-state index in [1.807, 2.05) is 35.7 Å². The Morgan fingerprint density at radius 1 is 1.07 bits per heavy atom. The number of nitrogens with one attached hydrogen (secondary N) is 1. The molecule has 0 bridgehead atoms. The van der Waals surface area contributed by atoms with Crippen LogP contribution in [0, 0.1) is 0 Å². The minimum absolute atomic E-state index is 0.0937. The predicted molar refractivity (Wildman–Crippen MR) is 112 cm³/mol. The van der Waals surface area contributed by atoms with Gasteiger partial charge in [-0.2, -0.15) is 4.31 Å². The summed E-state index contributed by atoms with van der Waals surface area (Å²) in [4.78, 5) is 17.2. The van der Waals surface area contributed by atoms with E-state index >= 15 is 0 Å². The number of carbonyl (C=O) groups excluding carboxylic acids is 1. The Bertz CT molecular complexity index is 1110.